The summed E-state index contributed by atoms with van der Waals surface area (Å²) in [5, 5.41) is 3.45. The van der Waals surface area contributed by atoms with Crippen LogP contribution in [0.5, 0.6) is 0 Å². The van der Waals surface area contributed by atoms with Crippen LogP contribution in [0.25, 0.3) is 0 Å². The van der Waals surface area contributed by atoms with E-state index >= 15 is 0 Å². The van der Waals surface area contributed by atoms with E-state index in [2.05, 4.69) is 15.3 Å². The average molecular weight is 297 g/mol. The van der Waals surface area contributed by atoms with Crippen LogP contribution in [0.2, 0.25) is 5.15 Å². The highest BCUT2D eigenvalue weighted by molar-refractivity contribution is 6.29. The molecule has 20 heavy (non-hydrogen) atoms. The van der Waals surface area contributed by atoms with Crippen molar-refractivity contribution in [2.75, 3.05) is 25.0 Å². The number of halogens is 1. The van der Waals surface area contributed by atoms with Gasteiger partial charge in [-0.15, -0.1) is 0 Å². The van der Waals surface area contributed by atoms with Crippen LogP contribution in [-0.4, -0.2) is 40.4 Å². The van der Waals surface area contributed by atoms with Crippen molar-refractivity contribution in [1.29, 1.82) is 0 Å². The van der Waals surface area contributed by atoms with Crippen molar-refractivity contribution < 1.29 is 4.79 Å². The van der Waals surface area contributed by atoms with Gasteiger partial charge in [0.2, 0.25) is 5.91 Å². The summed E-state index contributed by atoms with van der Waals surface area (Å²) in [5.41, 5.74) is 0. The van der Waals surface area contributed by atoms with Gasteiger partial charge in [-0.3, -0.25) is 4.79 Å². The van der Waals surface area contributed by atoms with E-state index in [0.29, 0.717) is 16.8 Å². The highest BCUT2D eigenvalue weighted by Crippen LogP contribution is 2.17. The summed E-state index contributed by atoms with van der Waals surface area (Å²) in [6, 6.07) is 1.65. The Morgan fingerprint density at radius 3 is 2.70 bits per heavy atom. The van der Waals surface area contributed by atoms with Crippen molar-refractivity contribution in [3.63, 3.8) is 0 Å². The fourth-order valence-corrected chi connectivity index (χ4v) is 2.40. The maximum absolute atomic E-state index is 12.1. The van der Waals surface area contributed by atoms with Crippen LogP contribution >= 0.6 is 11.6 Å². The van der Waals surface area contributed by atoms with E-state index in [-0.39, 0.29) is 18.4 Å². The molecule has 2 heterocycles. The number of rotatable bonds is 4. The van der Waals surface area contributed by atoms with Crippen LogP contribution in [0.15, 0.2) is 6.07 Å². The van der Waals surface area contributed by atoms with Crippen LogP contribution in [0, 0.1) is 0 Å². The minimum atomic E-state index is 0.116. The fraction of sp³-hybridized carbons (Fsp3) is 0.643. The SMILES string of the molecule is CC(C)c1nc(Cl)cc(NCC(=O)N2CCCCC2)n1. The highest BCUT2D eigenvalue weighted by atomic mass is 35.5. The van der Waals surface area contributed by atoms with E-state index in [4.69, 9.17) is 11.6 Å². The van der Waals surface area contributed by atoms with Crippen molar-refractivity contribution in [3.05, 3.63) is 17.0 Å². The Hall–Kier alpha value is -1.36. The number of carbonyl (C=O) groups is 1. The first-order valence-electron chi connectivity index (χ1n) is 7.12. The molecule has 1 aromatic rings. The molecule has 0 saturated carbocycles. The Balaban J connectivity index is 1.94. The van der Waals surface area contributed by atoms with Crippen LogP contribution in [-0.2, 0) is 4.79 Å². The van der Waals surface area contributed by atoms with E-state index in [1.165, 1.54) is 6.42 Å². The molecule has 5 nitrogen and oxygen atoms in total. The smallest absolute Gasteiger partial charge is 0.241 e. The fourth-order valence-electron chi connectivity index (χ4n) is 2.21. The van der Waals surface area contributed by atoms with Gasteiger partial charge in [-0.2, -0.15) is 0 Å². The zero-order valence-corrected chi connectivity index (χ0v) is 12.8. The molecule has 0 spiro atoms. The van der Waals surface area contributed by atoms with Gasteiger partial charge in [0.1, 0.15) is 16.8 Å². The van der Waals surface area contributed by atoms with Gasteiger partial charge in [0.15, 0.2) is 0 Å². The highest BCUT2D eigenvalue weighted by Gasteiger charge is 2.16. The van der Waals surface area contributed by atoms with Gasteiger partial charge < -0.3 is 10.2 Å². The van der Waals surface area contributed by atoms with Gasteiger partial charge in [-0.05, 0) is 19.3 Å². The molecule has 1 saturated heterocycles. The molecule has 1 amide bonds. The molecule has 0 atom stereocenters. The number of nitrogens with one attached hydrogen (secondary N) is 1. The van der Waals surface area contributed by atoms with E-state index in [0.717, 1.165) is 25.9 Å². The first-order valence-corrected chi connectivity index (χ1v) is 7.50. The zero-order chi connectivity index (χ0) is 14.5. The first-order chi connectivity index (χ1) is 9.56. The quantitative estimate of drug-likeness (QED) is 0.868. The number of anilines is 1. The van der Waals surface area contributed by atoms with E-state index in [9.17, 15) is 4.79 Å². The zero-order valence-electron chi connectivity index (χ0n) is 12.0. The normalized spacial score (nSPS) is 15.5. The summed E-state index contributed by atoms with van der Waals surface area (Å²) in [7, 11) is 0. The summed E-state index contributed by atoms with van der Waals surface area (Å²) < 4.78 is 0. The number of piperidine rings is 1. The summed E-state index contributed by atoms with van der Waals surface area (Å²) in [6.07, 6.45) is 3.42. The molecule has 1 aromatic heterocycles. The second kappa shape index (κ2) is 6.88. The Labute approximate surface area is 124 Å². The van der Waals surface area contributed by atoms with E-state index in [1.807, 2.05) is 18.7 Å². The Bertz CT molecular complexity index is 472. The van der Waals surface area contributed by atoms with Gasteiger partial charge in [0.25, 0.3) is 0 Å². The third-order valence-corrected chi connectivity index (χ3v) is 3.55. The van der Waals surface area contributed by atoms with Crippen molar-refractivity contribution in [1.82, 2.24) is 14.9 Å². The lowest BCUT2D eigenvalue weighted by atomic mass is 10.1. The first kappa shape index (κ1) is 15.0. The largest absolute Gasteiger partial charge is 0.361 e. The van der Waals surface area contributed by atoms with Crippen molar-refractivity contribution in [2.45, 2.75) is 39.0 Å². The van der Waals surface area contributed by atoms with Gasteiger partial charge in [-0.25, -0.2) is 9.97 Å². The molecule has 0 unspecified atom stereocenters. The predicted molar refractivity (Wildman–Crippen MR) is 80.1 cm³/mol. The molecule has 6 heteroatoms. The maximum atomic E-state index is 12.1. The second-order valence-corrected chi connectivity index (χ2v) is 5.77. The molecule has 0 aromatic carbocycles. The Kier molecular flexibility index (Phi) is 5.17. The number of hydrogen-bond donors (Lipinski definition) is 1. The molecule has 1 aliphatic heterocycles. The predicted octanol–water partition coefficient (Wildman–Crippen LogP) is 2.68. The molecule has 0 aliphatic carbocycles. The lowest BCUT2D eigenvalue weighted by Crippen LogP contribution is -2.39. The molecule has 110 valence electrons. The van der Waals surface area contributed by atoms with Crippen LogP contribution < -0.4 is 5.32 Å². The van der Waals surface area contributed by atoms with Gasteiger partial charge in [-0.1, -0.05) is 25.4 Å². The van der Waals surface area contributed by atoms with Crippen LogP contribution in [0.3, 0.4) is 0 Å². The van der Waals surface area contributed by atoms with Crippen molar-refractivity contribution in [3.8, 4) is 0 Å². The van der Waals surface area contributed by atoms with E-state index < -0.39 is 0 Å². The molecule has 1 N–H and O–H groups in total. The maximum Gasteiger partial charge on any atom is 0.241 e. The molecule has 0 bridgehead atoms. The van der Waals surface area contributed by atoms with Gasteiger partial charge in [0, 0.05) is 25.1 Å². The molecule has 0 radical (unpaired) electrons. The number of amides is 1. The topological polar surface area (TPSA) is 58.1 Å². The standard InChI is InChI=1S/C14H21ClN4O/c1-10(2)14-17-11(15)8-12(18-14)16-9-13(20)19-6-4-3-5-7-19/h8,10H,3-7,9H2,1-2H3,(H,16,17,18). The molecule has 1 fully saturated rings. The number of hydrogen-bond acceptors (Lipinski definition) is 4. The van der Waals surface area contributed by atoms with Gasteiger partial charge >= 0.3 is 0 Å². The number of carbonyl (C=O) groups excluding carboxylic acids is 1. The Morgan fingerprint density at radius 2 is 2.05 bits per heavy atom. The van der Waals surface area contributed by atoms with Crippen molar-refractivity contribution in [2.24, 2.45) is 0 Å². The minimum Gasteiger partial charge on any atom is -0.361 e. The third-order valence-electron chi connectivity index (χ3n) is 3.36. The molecular weight excluding hydrogens is 276 g/mol. The third kappa shape index (κ3) is 4.07. The second-order valence-electron chi connectivity index (χ2n) is 5.38. The number of likely N-dealkylation sites (tertiary alicyclic amines) is 1. The number of aromatic nitrogens is 2. The number of nitrogens with zero attached hydrogens (tertiary/aromatic N) is 3. The van der Waals surface area contributed by atoms with Crippen LogP contribution in [0.1, 0.15) is 44.9 Å². The lowest BCUT2D eigenvalue weighted by Gasteiger charge is -2.26. The molecule has 2 rings (SSSR count). The average Bonchev–Trinajstić information content (AvgIpc) is 2.45. The Morgan fingerprint density at radius 1 is 1.35 bits per heavy atom. The summed E-state index contributed by atoms with van der Waals surface area (Å²) in [5.74, 6) is 1.61. The summed E-state index contributed by atoms with van der Waals surface area (Å²) in [4.78, 5) is 22.5. The van der Waals surface area contributed by atoms with Crippen molar-refractivity contribution >= 4 is 23.3 Å². The van der Waals surface area contributed by atoms with Crippen LogP contribution in [0.4, 0.5) is 5.82 Å². The molecular formula is C14H21ClN4O. The minimum absolute atomic E-state index is 0.116. The monoisotopic (exact) mass is 296 g/mol. The van der Waals surface area contributed by atoms with Gasteiger partial charge in [0.05, 0.1) is 6.54 Å². The lowest BCUT2D eigenvalue weighted by molar-refractivity contribution is -0.130. The summed E-state index contributed by atoms with van der Waals surface area (Å²) in [6.45, 7) is 6.00. The summed E-state index contributed by atoms with van der Waals surface area (Å²) >= 11 is 5.97. The molecule has 1 aliphatic rings. The van der Waals surface area contributed by atoms with E-state index in [1.54, 1.807) is 6.07 Å².